The lowest BCUT2D eigenvalue weighted by molar-refractivity contribution is -0.200. The minimum absolute atomic E-state index is 0.0567. The van der Waals surface area contributed by atoms with Gasteiger partial charge in [0.05, 0.1) is 13.2 Å². The molecule has 0 aromatic heterocycles. The van der Waals surface area contributed by atoms with Crippen LogP contribution in [0.3, 0.4) is 0 Å². The van der Waals surface area contributed by atoms with Gasteiger partial charge < -0.3 is 15.2 Å². The van der Waals surface area contributed by atoms with Crippen LogP contribution in [0, 0.1) is 5.92 Å². The molecule has 0 radical (unpaired) electrons. The van der Waals surface area contributed by atoms with Crippen LogP contribution in [0.2, 0.25) is 0 Å². The normalized spacial score (nSPS) is 24.6. The molecule has 2 N–H and O–H groups in total. The summed E-state index contributed by atoms with van der Waals surface area (Å²) in [6.07, 6.45) is 0.951. The van der Waals surface area contributed by atoms with Crippen LogP contribution >= 0.6 is 0 Å². The highest BCUT2D eigenvalue weighted by atomic mass is 16.7. The van der Waals surface area contributed by atoms with Gasteiger partial charge >= 0.3 is 0 Å². The SMILES string of the molecule is C[C@H](CN)C1OCCCO1. The molecule has 1 fully saturated rings. The summed E-state index contributed by atoms with van der Waals surface area (Å²) in [6, 6.07) is 0. The van der Waals surface area contributed by atoms with Crippen molar-refractivity contribution in [1.29, 1.82) is 0 Å². The summed E-state index contributed by atoms with van der Waals surface area (Å²) in [7, 11) is 0. The molecule has 0 aromatic carbocycles. The highest BCUT2D eigenvalue weighted by Crippen LogP contribution is 2.12. The van der Waals surface area contributed by atoms with Gasteiger partial charge in [0.15, 0.2) is 6.29 Å². The molecule has 1 atom stereocenters. The van der Waals surface area contributed by atoms with Crippen molar-refractivity contribution >= 4 is 0 Å². The molecule has 0 saturated carbocycles. The second-order valence-corrected chi connectivity index (χ2v) is 2.68. The van der Waals surface area contributed by atoms with Crippen molar-refractivity contribution in [3.05, 3.63) is 0 Å². The van der Waals surface area contributed by atoms with E-state index in [-0.39, 0.29) is 6.29 Å². The zero-order valence-electron chi connectivity index (χ0n) is 6.38. The summed E-state index contributed by atoms with van der Waals surface area (Å²) >= 11 is 0. The van der Waals surface area contributed by atoms with Crippen molar-refractivity contribution in [1.82, 2.24) is 0 Å². The van der Waals surface area contributed by atoms with E-state index in [0.29, 0.717) is 12.5 Å². The Labute approximate surface area is 61.5 Å². The second kappa shape index (κ2) is 3.91. The first-order valence-electron chi connectivity index (χ1n) is 3.78. The molecule has 3 heteroatoms. The van der Waals surface area contributed by atoms with E-state index in [0.717, 1.165) is 19.6 Å². The van der Waals surface area contributed by atoms with E-state index in [2.05, 4.69) is 0 Å². The van der Waals surface area contributed by atoms with Crippen LogP contribution in [0.1, 0.15) is 13.3 Å². The van der Waals surface area contributed by atoms with Crippen LogP contribution in [-0.4, -0.2) is 26.0 Å². The second-order valence-electron chi connectivity index (χ2n) is 2.68. The van der Waals surface area contributed by atoms with E-state index in [1.54, 1.807) is 0 Å². The largest absolute Gasteiger partial charge is 0.352 e. The summed E-state index contributed by atoms with van der Waals surface area (Å²) < 4.78 is 10.7. The Morgan fingerprint density at radius 3 is 2.60 bits per heavy atom. The summed E-state index contributed by atoms with van der Waals surface area (Å²) in [5.41, 5.74) is 5.44. The van der Waals surface area contributed by atoms with Crippen LogP contribution in [0.15, 0.2) is 0 Å². The minimum Gasteiger partial charge on any atom is -0.352 e. The van der Waals surface area contributed by atoms with E-state index < -0.39 is 0 Å². The van der Waals surface area contributed by atoms with Crippen molar-refractivity contribution < 1.29 is 9.47 Å². The molecule has 0 aromatic rings. The van der Waals surface area contributed by atoms with Crippen LogP contribution in [0.25, 0.3) is 0 Å². The summed E-state index contributed by atoms with van der Waals surface area (Å²) in [6.45, 7) is 4.30. The van der Waals surface area contributed by atoms with Crippen LogP contribution < -0.4 is 5.73 Å². The topological polar surface area (TPSA) is 44.5 Å². The third-order valence-corrected chi connectivity index (χ3v) is 1.69. The molecule has 1 saturated heterocycles. The fraction of sp³-hybridized carbons (Fsp3) is 1.00. The van der Waals surface area contributed by atoms with Gasteiger partial charge in [0, 0.05) is 5.92 Å². The molecule has 0 bridgehead atoms. The highest BCUT2D eigenvalue weighted by Gasteiger charge is 2.19. The molecule has 3 nitrogen and oxygen atoms in total. The summed E-state index contributed by atoms with van der Waals surface area (Å²) in [4.78, 5) is 0. The Balaban J connectivity index is 2.24. The van der Waals surface area contributed by atoms with Gasteiger partial charge in [-0.1, -0.05) is 6.92 Å². The van der Waals surface area contributed by atoms with Crippen molar-refractivity contribution in [2.24, 2.45) is 11.7 Å². The fourth-order valence-corrected chi connectivity index (χ4v) is 0.946. The van der Waals surface area contributed by atoms with Crippen molar-refractivity contribution in [2.75, 3.05) is 19.8 Å². The van der Waals surface area contributed by atoms with Gasteiger partial charge in [-0.3, -0.25) is 0 Å². The molecule has 60 valence electrons. The maximum Gasteiger partial charge on any atom is 0.161 e. The smallest absolute Gasteiger partial charge is 0.161 e. The van der Waals surface area contributed by atoms with E-state index >= 15 is 0 Å². The molecule has 10 heavy (non-hydrogen) atoms. The first kappa shape index (κ1) is 7.98. The predicted molar refractivity (Wildman–Crippen MR) is 38.5 cm³/mol. The Morgan fingerprint density at radius 1 is 1.50 bits per heavy atom. The maximum absolute atomic E-state index is 5.44. The molecular weight excluding hydrogens is 130 g/mol. The molecule has 0 unspecified atom stereocenters. The summed E-state index contributed by atoms with van der Waals surface area (Å²) in [5.74, 6) is 0.320. The predicted octanol–water partition coefficient (Wildman–Crippen LogP) is 0.344. The number of rotatable bonds is 2. The Bertz CT molecular complexity index is 91.6. The molecular formula is C7H15NO2. The number of nitrogens with two attached hydrogens (primary N) is 1. The van der Waals surface area contributed by atoms with Gasteiger partial charge in [-0.15, -0.1) is 0 Å². The summed E-state index contributed by atoms with van der Waals surface area (Å²) in [5, 5.41) is 0. The van der Waals surface area contributed by atoms with Crippen molar-refractivity contribution in [2.45, 2.75) is 19.6 Å². The van der Waals surface area contributed by atoms with Gasteiger partial charge in [-0.25, -0.2) is 0 Å². The molecule has 1 aliphatic rings. The molecule has 0 amide bonds. The molecule has 0 aliphatic carbocycles. The first-order chi connectivity index (χ1) is 4.84. The van der Waals surface area contributed by atoms with E-state index in [1.807, 2.05) is 6.92 Å². The third-order valence-electron chi connectivity index (χ3n) is 1.69. The Morgan fingerprint density at radius 2 is 2.10 bits per heavy atom. The lowest BCUT2D eigenvalue weighted by Gasteiger charge is -2.27. The van der Waals surface area contributed by atoms with Crippen LogP contribution in [0.4, 0.5) is 0 Å². The van der Waals surface area contributed by atoms with Crippen LogP contribution in [-0.2, 0) is 9.47 Å². The quantitative estimate of drug-likeness (QED) is 0.609. The van der Waals surface area contributed by atoms with Crippen molar-refractivity contribution in [3.8, 4) is 0 Å². The van der Waals surface area contributed by atoms with E-state index in [4.69, 9.17) is 15.2 Å². The molecule has 0 spiro atoms. The van der Waals surface area contributed by atoms with Gasteiger partial charge in [0.2, 0.25) is 0 Å². The number of hydrogen-bond donors (Lipinski definition) is 1. The van der Waals surface area contributed by atoms with E-state index in [1.165, 1.54) is 0 Å². The number of ether oxygens (including phenoxy) is 2. The zero-order chi connectivity index (χ0) is 7.40. The average Bonchev–Trinajstić information content (AvgIpc) is 2.05. The van der Waals surface area contributed by atoms with Crippen molar-refractivity contribution in [3.63, 3.8) is 0 Å². The lowest BCUT2D eigenvalue weighted by atomic mass is 10.1. The lowest BCUT2D eigenvalue weighted by Crippen LogP contribution is -2.34. The minimum atomic E-state index is -0.0567. The van der Waals surface area contributed by atoms with Crippen LogP contribution in [0.5, 0.6) is 0 Å². The standard InChI is InChI=1S/C7H15NO2/c1-6(5-8)7-9-3-2-4-10-7/h6-7H,2-5,8H2,1H3/t6-/m1/s1. The van der Waals surface area contributed by atoms with Gasteiger partial charge in [0.25, 0.3) is 0 Å². The van der Waals surface area contributed by atoms with E-state index in [9.17, 15) is 0 Å². The molecule has 1 heterocycles. The highest BCUT2D eigenvalue weighted by molar-refractivity contribution is 4.60. The fourth-order valence-electron chi connectivity index (χ4n) is 0.946. The molecule has 1 aliphatic heterocycles. The monoisotopic (exact) mass is 145 g/mol. The average molecular weight is 145 g/mol. The zero-order valence-corrected chi connectivity index (χ0v) is 6.38. The maximum atomic E-state index is 5.44. The number of hydrogen-bond acceptors (Lipinski definition) is 3. The molecule has 1 rings (SSSR count). The first-order valence-corrected chi connectivity index (χ1v) is 3.78. The Hall–Kier alpha value is -0.120. The van der Waals surface area contributed by atoms with Gasteiger partial charge in [-0.2, -0.15) is 0 Å². The Kier molecular flexibility index (Phi) is 3.12. The van der Waals surface area contributed by atoms with Gasteiger partial charge in [-0.05, 0) is 13.0 Å². The van der Waals surface area contributed by atoms with Gasteiger partial charge in [0.1, 0.15) is 0 Å². The third kappa shape index (κ3) is 1.94.